The second kappa shape index (κ2) is 8.20. The largest absolute Gasteiger partial charge is 0.493 e. The Kier molecular flexibility index (Phi) is 5.59. The second-order valence-electron chi connectivity index (χ2n) is 6.56. The molecule has 0 spiro atoms. The molecule has 0 unspecified atom stereocenters. The number of hydrogen-bond donors (Lipinski definition) is 0. The SMILES string of the molecule is COCc1nn2c(C(F)(F)F)cc(-c3cccs3)nc2c1-c1ccc(OC)c(OC)c1. The summed E-state index contributed by atoms with van der Waals surface area (Å²) in [5, 5.41) is 5.99. The first kappa shape index (κ1) is 21.1. The van der Waals surface area contributed by atoms with Crippen molar-refractivity contribution in [3.05, 3.63) is 53.2 Å². The molecule has 3 aromatic heterocycles. The fourth-order valence-electron chi connectivity index (χ4n) is 3.34. The zero-order chi connectivity index (χ0) is 22.2. The number of nitrogens with zero attached hydrogens (tertiary/aromatic N) is 3. The number of fused-ring (bicyclic) bond motifs is 1. The van der Waals surface area contributed by atoms with Gasteiger partial charge in [-0.3, -0.25) is 0 Å². The Labute approximate surface area is 179 Å². The van der Waals surface area contributed by atoms with Crippen LogP contribution in [0.1, 0.15) is 11.4 Å². The first-order valence-corrected chi connectivity index (χ1v) is 10.0. The van der Waals surface area contributed by atoms with E-state index in [0.29, 0.717) is 33.2 Å². The van der Waals surface area contributed by atoms with E-state index in [-0.39, 0.29) is 17.9 Å². The lowest BCUT2D eigenvalue weighted by atomic mass is 10.0. The third-order valence-electron chi connectivity index (χ3n) is 4.68. The van der Waals surface area contributed by atoms with Crippen molar-refractivity contribution in [3.8, 4) is 33.2 Å². The first-order valence-electron chi connectivity index (χ1n) is 9.12. The van der Waals surface area contributed by atoms with Gasteiger partial charge in [-0.25, -0.2) is 9.50 Å². The fourth-order valence-corrected chi connectivity index (χ4v) is 4.03. The van der Waals surface area contributed by atoms with E-state index in [4.69, 9.17) is 14.2 Å². The predicted molar refractivity (Wildman–Crippen MR) is 111 cm³/mol. The van der Waals surface area contributed by atoms with Crippen LogP contribution >= 0.6 is 11.3 Å². The van der Waals surface area contributed by atoms with Crippen LogP contribution in [0.3, 0.4) is 0 Å². The monoisotopic (exact) mass is 449 g/mol. The molecular formula is C21H18F3N3O3S. The number of benzene rings is 1. The van der Waals surface area contributed by atoms with E-state index in [1.165, 1.54) is 32.7 Å². The Bertz CT molecular complexity index is 1220. The molecule has 0 fully saturated rings. The van der Waals surface area contributed by atoms with Gasteiger partial charge in [0.2, 0.25) is 0 Å². The third kappa shape index (κ3) is 3.84. The summed E-state index contributed by atoms with van der Waals surface area (Å²) in [6, 6.07) is 9.60. The summed E-state index contributed by atoms with van der Waals surface area (Å²) >= 11 is 1.31. The molecule has 31 heavy (non-hydrogen) atoms. The lowest BCUT2D eigenvalue weighted by molar-refractivity contribution is -0.142. The normalized spacial score (nSPS) is 11.8. The summed E-state index contributed by atoms with van der Waals surface area (Å²) in [6.07, 6.45) is -4.63. The van der Waals surface area contributed by atoms with E-state index < -0.39 is 11.9 Å². The lowest BCUT2D eigenvalue weighted by Gasteiger charge is -2.12. The Morgan fingerprint density at radius 3 is 2.42 bits per heavy atom. The number of aromatic nitrogens is 3. The van der Waals surface area contributed by atoms with Crippen molar-refractivity contribution in [3.63, 3.8) is 0 Å². The lowest BCUT2D eigenvalue weighted by Crippen LogP contribution is -2.13. The quantitative estimate of drug-likeness (QED) is 0.400. The summed E-state index contributed by atoms with van der Waals surface area (Å²) in [5.74, 6) is 0.937. The van der Waals surface area contributed by atoms with Crippen molar-refractivity contribution < 1.29 is 27.4 Å². The zero-order valence-corrected chi connectivity index (χ0v) is 17.7. The molecule has 4 aromatic rings. The predicted octanol–water partition coefficient (Wildman–Crippen LogP) is 5.31. The smallest absolute Gasteiger partial charge is 0.433 e. The number of hydrogen-bond acceptors (Lipinski definition) is 6. The highest BCUT2D eigenvalue weighted by Crippen LogP contribution is 2.39. The van der Waals surface area contributed by atoms with Crippen molar-refractivity contribution in [1.29, 1.82) is 0 Å². The standard InChI is InChI=1S/C21H18F3N3O3S/c1-28-11-14-19(12-6-7-15(29-2)16(9-12)30-3)20-25-13(17-5-4-8-31-17)10-18(21(22,23)24)27(20)26-14/h4-10H,11H2,1-3H3. The molecule has 0 bridgehead atoms. The molecule has 0 atom stereocenters. The van der Waals surface area contributed by atoms with Gasteiger partial charge in [-0.2, -0.15) is 18.3 Å². The Morgan fingerprint density at radius 1 is 1.03 bits per heavy atom. The maximum atomic E-state index is 13.9. The molecular weight excluding hydrogens is 431 g/mol. The molecule has 0 aliphatic rings. The number of ether oxygens (including phenoxy) is 3. The zero-order valence-electron chi connectivity index (χ0n) is 16.9. The van der Waals surface area contributed by atoms with E-state index in [2.05, 4.69) is 10.1 Å². The average molecular weight is 449 g/mol. The molecule has 0 saturated heterocycles. The van der Waals surface area contributed by atoms with E-state index >= 15 is 0 Å². The minimum Gasteiger partial charge on any atom is -0.493 e. The van der Waals surface area contributed by atoms with Crippen molar-refractivity contribution >= 4 is 17.0 Å². The minimum atomic E-state index is -4.63. The number of thiophene rings is 1. The molecule has 0 amide bonds. The van der Waals surface area contributed by atoms with Gasteiger partial charge in [0.25, 0.3) is 0 Å². The van der Waals surface area contributed by atoms with Crippen LogP contribution in [0.2, 0.25) is 0 Å². The molecule has 10 heteroatoms. The van der Waals surface area contributed by atoms with Gasteiger partial charge in [-0.1, -0.05) is 12.1 Å². The Hall–Kier alpha value is -3.11. The van der Waals surface area contributed by atoms with Gasteiger partial charge < -0.3 is 14.2 Å². The van der Waals surface area contributed by atoms with Crippen molar-refractivity contribution in [2.75, 3.05) is 21.3 Å². The number of rotatable bonds is 6. The molecule has 0 saturated carbocycles. The minimum absolute atomic E-state index is 0.0126. The van der Waals surface area contributed by atoms with Gasteiger partial charge in [0.1, 0.15) is 0 Å². The van der Waals surface area contributed by atoms with Crippen LogP contribution in [0.15, 0.2) is 41.8 Å². The van der Waals surface area contributed by atoms with Gasteiger partial charge in [-0.05, 0) is 35.2 Å². The fraction of sp³-hybridized carbons (Fsp3) is 0.238. The van der Waals surface area contributed by atoms with Crippen LogP contribution in [0.5, 0.6) is 11.5 Å². The van der Waals surface area contributed by atoms with Crippen LogP contribution in [0.25, 0.3) is 27.3 Å². The molecule has 162 valence electrons. The third-order valence-corrected chi connectivity index (χ3v) is 5.57. The van der Waals surface area contributed by atoms with E-state index in [9.17, 15) is 13.2 Å². The van der Waals surface area contributed by atoms with Crippen LogP contribution in [0.4, 0.5) is 13.2 Å². The molecule has 0 N–H and O–H groups in total. The highest BCUT2D eigenvalue weighted by atomic mass is 32.1. The molecule has 6 nitrogen and oxygen atoms in total. The topological polar surface area (TPSA) is 57.9 Å². The van der Waals surface area contributed by atoms with E-state index in [0.717, 1.165) is 10.6 Å². The first-order chi connectivity index (χ1) is 14.9. The van der Waals surface area contributed by atoms with Crippen LogP contribution < -0.4 is 9.47 Å². The van der Waals surface area contributed by atoms with E-state index in [1.807, 2.05) is 0 Å². The van der Waals surface area contributed by atoms with Crippen molar-refractivity contribution in [2.45, 2.75) is 12.8 Å². The average Bonchev–Trinajstić information content (AvgIpc) is 3.40. The molecule has 0 radical (unpaired) electrons. The summed E-state index contributed by atoms with van der Waals surface area (Å²) in [7, 11) is 4.45. The van der Waals surface area contributed by atoms with Gasteiger partial charge in [0.15, 0.2) is 22.8 Å². The summed E-state index contributed by atoms with van der Waals surface area (Å²) in [6.45, 7) is 0.0126. The second-order valence-corrected chi connectivity index (χ2v) is 7.51. The Balaban J connectivity index is 2.06. The summed E-state index contributed by atoms with van der Waals surface area (Å²) < 4.78 is 58.5. The van der Waals surface area contributed by atoms with Crippen molar-refractivity contribution in [2.24, 2.45) is 0 Å². The van der Waals surface area contributed by atoms with Gasteiger partial charge in [-0.15, -0.1) is 11.3 Å². The molecule has 3 heterocycles. The number of methoxy groups -OCH3 is 3. The van der Waals surface area contributed by atoms with Crippen molar-refractivity contribution in [1.82, 2.24) is 14.6 Å². The number of halogens is 3. The molecule has 0 aliphatic heterocycles. The van der Waals surface area contributed by atoms with Gasteiger partial charge in [0, 0.05) is 7.11 Å². The van der Waals surface area contributed by atoms with Gasteiger partial charge >= 0.3 is 6.18 Å². The summed E-state index contributed by atoms with van der Waals surface area (Å²) in [4.78, 5) is 5.18. The van der Waals surface area contributed by atoms with E-state index in [1.54, 1.807) is 35.7 Å². The molecule has 0 aliphatic carbocycles. The van der Waals surface area contributed by atoms with Crippen LogP contribution in [-0.4, -0.2) is 35.9 Å². The highest BCUT2D eigenvalue weighted by molar-refractivity contribution is 7.13. The van der Waals surface area contributed by atoms with Crippen LogP contribution in [-0.2, 0) is 17.5 Å². The van der Waals surface area contributed by atoms with Crippen LogP contribution in [0, 0.1) is 0 Å². The molecule has 1 aromatic carbocycles. The molecule has 4 rings (SSSR count). The number of alkyl halides is 3. The Morgan fingerprint density at radius 2 is 1.81 bits per heavy atom. The summed E-state index contributed by atoms with van der Waals surface area (Å²) in [5.41, 5.74) is 0.745. The highest BCUT2D eigenvalue weighted by Gasteiger charge is 2.36. The van der Waals surface area contributed by atoms with Gasteiger partial charge in [0.05, 0.1) is 42.7 Å². The maximum Gasteiger partial charge on any atom is 0.433 e. The maximum absolute atomic E-state index is 13.9.